The molecule has 0 saturated heterocycles. The molecule has 0 bridgehead atoms. The molecule has 0 saturated carbocycles. The van der Waals surface area contributed by atoms with Gasteiger partial charge in [-0.2, -0.15) is 5.10 Å². The molecule has 1 aromatic heterocycles. The molecule has 0 fully saturated rings. The fourth-order valence-electron chi connectivity index (χ4n) is 0.705. The Morgan fingerprint density at radius 3 is 2.30 bits per heavy atom. The molecule has 0 aromatic carbocycles. The van der Waals surface area contributed by atoms with E-state index in [4.69, 9.17) is 0 Å². The average Bonchev–Trinajstić information content (AvgIpc) is 2.11. The van der Waals surface area contributed by atoms with Crippen LogP contribution < -0.4 is 5.59 Å². The van der Waals surface area contributed by atoms with Crippen molar-refractivity contribution in [1.29, 1.82) is 0 Å². The van der Waals surface area contributed by atoms with E-state index in [1.807, 2.05) is 0 Å². The molecule has 0 aliphatic rings. The highest BCUT2D eigenvalue weighted by molar-refractivity contribution is 6.72. The molecule has 0 atom stereocenters. The van der Waals surface area contributed by atoms with Crippen LogP contribution in [0.15, 0.2) is 12.3 Å². The predicted octanol–water partition coefficient (Wildman–Crippen LogP) is 0.475. The van der Waals surface area contributed by atoms with Crippen molar-refractivity contribution in [3.8, 4) is 0 Å². The number of nitrogens with zero attached hydrogens (tertiary/aromatic N) is 2. The lowest BCUT2D eigenvalue weighted by atomic mass is 9.86. The number of hydrogen-bond acceptors (Lipinski definition) is 1. The molecular formula is C4H5BF3N2-. The minimum absolute atomic E-state index is 0.667. The lowest BCUT2D eigenvalue weighted by molar-refractivity contribution is 0.493. The summed E-state index contributed by atoms with van der Waals surface area (Å²) in [6, 6.07) is 0.958. The summed E-state index contributed by atoms with van der Waals surface area (Å²) in [5.74, 6) is 0. The van der Waals surface area contributed by atoms with Crippen molar-refractivity contribution in [3.05, 3.63) is 12.3 Å². The highest BCUT2D eigenvalue weighted by Crippen LogP contribution is 2.06. The van der Waals surface area contributed by atoms with Gasteiger partial charge >= 0.3 is 6.98 Å². The van der Waals surface area contributed by atoms with Crippen molar-refractivity contribution < 1.29 is 12.9 Å². The Bertz CT molecular complexity index is 229. The van der Waals surface area contributed by atoms with Crippen LogP contribution in [-0.4, -0.2) is 16.8 Å². The van der Waals surface area contributed by atoms with E-state index >= 15 is 0 Å². The van der Waals surface area contributed by atoms with E-state index in [9.17, 15) is 12.9 Å². The van der Waals surface area contributed by atoms with Crippen molar-refractivity contribution in [2.24, 2.45) is 7.05 Å². The Morgan fingerprint density at radius 1 is 1.50 bits per heavy atom. The Balaban J connectivity index is 3.05. The van der Waals surface area contributed by atoms with Crippen molar-refractivity contribution in [1.82, 2.24) is 9.78 Å². The molecule has 10 heavy (non-hydrogen) atoms. The molecule has 0 unspecified atom stereocenters. The molecule has 2 nitrogen and oxygen atoms in total. The topological polar surface area (TPSA) is 17.8 Å². The van der Waals surface area contributed by atoms with Gasteiger partial charge in [-0.3, -0.25) is 0 Å². The Labute approximate surface area is 55.7 Å². The van der Waals surface area contributed by atoms with E-state index in [1.54, 1.807) is 0 Å². The minimum atomic E-state index is -4.89. The minimum Gasteiger partial charge on any atom is -0.444 e. The fourth-order valence-corrected chi connectivity index (χ4v) is 0.705. The highest BCUT2D eigenvalue weighted by atomic mass is 19.4. The second kappa shape index (κ2) is 2.03. The third-order valence-electron chi connectivity index (χ3n) is 1.19. The van der Waals surface area contributed by atoms with Crippen molar-refractivity contribution in [2.75, 3.05) is 0 Å². The molecule has 1 rings (SSSR count). The van der Waals surface area contributed by atoms with E-state index in [0.29, 0.717) is 0 Å². The van der Waals surface area contributed by atoms with E-state index in [-0.39, 0.29) is 0 Å². The fraction of sp³-hybridized carbons (Fsp3) is 0.250. The van der Waals surface area contributed by atoms with Gasteiger partial charge in [-0.15, -0.1) is 0 Å². The van der Waals surface area contributed by atoms with Crippen LogP contribution in [0, 0.1) is 0 Å². The number of aromatic nitrogens is 2. The highest BCUT2D eigenvalue weighted by Gasteiger charge is 2.28. The van der Waals surface area contributed by atoms with Crippen LogP contribution in [0.25, 0.3) is 0 Å². The largest absolute Gasteiger partial charge is 0.527 e. The molecule has 0 amide bonds. The lowest BCUT2D eigenvalue weighted by Crippen LogP contribution is -2.39. The summed E-state index contributed by atoms with van der Waals surface area (Å²) in [6.45, 7) is -4.89. The zero-order valence-electron chi connectivity index (χ0n) is 5.26. The molecule has 0 aliphatic carbocycles. The molecule has 6 heteroatoms. The zero-order chi connectivity index (χ0) is 7.78. The van der Waals surface area contributed by atoms with Gasteiger partial charge in [-0.1, -0.05) is 6.07 Å². The first kappa shape index (κ1) is 7.18. The third-order valence-corrected chi connectivity index (χ3v) is 1.19. The molecular weight excluding hydrogens is 144 g/mol. The average molecular weight is 149 g/mol. The second-order valence-corrected chi connectivity index (χ2v) is 1.95. The first-order valence-corrected chi connectivity index (χ1v) is 2.69. The van der Waals surface area contributed by atoms with Gasteiger partial charge in [0.15, 0.2) is 0 Å². The number of halogens is 3. The SMILES string of the molecule is Cn1nccc1[B-](F)(F)F. The predicted molar refractivity (Wildman–Crippen MR) is 31.9 cm³/mol. The summed E-state index contributed by atoms with van der Waals surface area (Å²) in [4.78, 5) is 0. The van der Waals surface area contributed by atoms with Gasteiger partial charge in [0.1, 0.15) is 0 Å². The van der Waals surface area contributed by atoms with Crippen molar-refractivity contribution in [2.45, 2.75) is 0 Å². The van der Waals surface area contributed by atoms with Crippen LogP contribution >= 0.6 is 0 Å². The number of rotatable bonds is 1. The molecule has 1 aromatic rings. The Hall–Kier alpha value is -0.935. The lowest BCUT2D eigenvalue weighted by Gasteiger charge is -2.13. The van der Waals surface area contributed by atoms with Gasteiger partial charge in [0.2, 0.25) is 0 Å². The monoisotopic (exact) mass is 149 g/mol. The Morgan fingerprint density at radius 2 is 2.10 bits per heavy atom. The summed E-state index contributed by atoms with van der Waals surface area (Å²) in [7, 11) is 1.27. The molecule has 56 valence electrons. The van der Waals surface area contributed by atoms with E-state index in [1.165, 1.54) is 7.05 Å². The van der Waals surface area contributed by atoms with Crippen LogP contribution in [0.1, 0.15) is 0 Å². The Kier molecular flexibility index (Phi) is 1.46. The molecule has 1 heterocycles. The van der Waals surface area contributed by atoms with E-state index < -0.39 is 12.6 Å². The summed E-state index contributed by atoms with van der Waals surface area (Å²) >= 11 is 0. The molecule has 0 aliphatic heterocycles. The van der Waals surface area contributed by atoms with Gasteiger partial charge in [-0.25, -0.2) is 0 Å². The van der Waals surface area contributed by atoms with Crippen LogP contribution in [-0.2, 0) is 7.05 Å². The quantitative estimate of drug-likeness (QED) is 0.530. The smallest absolute Gasteiger partial charge is 0.444 e. The maximum Gasteiger partial charge on any atom is 0.527 e. The molecule has 0 spiro atoms. The van der Waals surface area contributed by atoms with Crippen LogP contribution in [0.3, 0.4) is 0 Å². The summed E-state index contributed by atoms with van der Waals surface area (Å²) in [6.07, 6.45) is 1.13. The maximum absolute atomic E-state index is 11.9. The van der Waals surface area contributed by atoms with Gasteiger partial charge in [0.05, 0.1) is 0 Å². The second-order valence-electron chi connectivity index (χ2n) is 1.95. The summed E-state index contributed by atoms with van der Waals surface area (Å²) < 4.78 is 36.5. The zero-order valence-corrected chi connectivity index (χ0v) is 5.26. The van der Waals surface area contributed by atoms with Crippen molar-refractivity contribution >= 4 is 12.6 Å². The summed E-state index contributed by atoms with van der Waals surface area (Å²) in [5, 5.41) is 3.40. The molecule has 0 radical (unpaired) electrons. The summed E-state index contributed by atoms with van der Waals surface area (Å²) in [5.41, 5.74) is -0.667. The van der Waals surface area contributed by atoms with Crippen LogP contribution in [0.2, 0.25) is 0 Å². The third kappa shape index (κ3) is 1.15. The number of hydrogen-bond donors (Lipinski definition) is 0. The van der Waals surface area contributed by atoms with E-state index in [0.717, 1.165) is 16.9 Å². The van der Waals surface area contributed by atoms with Crippen LogP contribution in [0.5, 0.6) is 0 Å². The number of aryl methyl sites for hydroxylation is 1. The molecule has 0 N–H and O–H groups in total. The first-order valence-electron chi connectivity index (χ1n) is 2.69. The first-order chi connectivity index (χ1) is 4.52. The van der Waals surface area contributed by atoms with Gasteiger partial charge in [0, 0.05) is 13.2 Å². The maximum atomic E-state index is 11.9. The van der Waals surface area contributed by atoms with Gasteiger partial charge in [-0.05, 0) is 5.59 Å². The van der Waals surface area contributed by atoms with Gasteiger partial charge in [0.25, 0.3) is 0 Å². The van der Waals surface area contributed by atoms with Crippen molar-refractivity contribution in [3.63, 3.8) is 0 Å². The van der Waals surface area contributed by atoms with Crippen LogP contribution in [0.4, 0.5) is 12.9 Å². The van der Waals surface area contributed by atoms with E-state index in [2.05, 4.69) is 5.10 Å². The standard InChI is InChI=1S/C4H5BF3N2/c1-10-4(2-3-9-10)5(6,7)8/h2-3H,1H3/q-1. The van der Waals surface area contributed by atoms with Gasteiger partial charge < -0.3 is 17.6 Å². The normalized spacial score (nSPS) is 12.0.